The molecule has 1 rings (SSSR count). The van der Waals surface area contributed by atoms with Crippen molar-refractivity contribution in [3.63, 3.8) is 0 Å². The molecule has 6 heteroatoms. The van der Waals surface area contributed by atoms with Crippen molar-refractivity contribution in [1.29, 1.82) is 5.41 Å². The van der Waals surface area contributed by atoms with E-state index < -0.39 is 24.1 Å². The lowest BCUT2D eigenvalue weighted by molar-refractivity contribution is 0.0636. The van der Waals surface area contributed by atoms with Crippen LogP contribution in [0.5, 0.6) is 0 Å². The second-order valence-electron chi connectivity index (χ2n) is 4.96. The molecule has 0 aliphatic heterocycles. The predicted octanol–water partition coefficient (Wildman–Crippen LogP) is 2.66. The summed E-state index contributed by atoms with van der Waals surface area (Å²) >= 11 is 0. The molecule has 1 amide bonds. The molecule has 3 N–H and O–H groups in total. The molecule has 5 nitrogen and oxygen atoms in total. The zero-order valence-electron chi connectivity index (χ0n) is 11.1. The first-order valence-corrected chi connectivity index (χ1v) is 5.70. The van der Waals surface area contributed by atoms with Gasteiger partial charge in [0.2, 0.25) is 0 Å². The monoisotopic (exact) mass is 268 g/mol. The van der Waals surface area contributed by atoms with Crippen LogP contribution >= 0.6 is 0 Å². The second kappa shape index (κ2) is 5.79. The summed E-state index contributed by atoms with van der Waals surface area (Å²) in [5.41, 5.74) is -0.193. The number of benzene rings is 1. The molecule has 0 spiro atoms. The highest BCUT2D eigenvalue weighted by Gasteiger charge is 2.18. The lowest BCUT2D eigenvalue weighted by Crippen LogP contribution is -2.27. The van der Waals surface area contributed by atoms with Crippen molar-refractivity contribution in [1.82, 2.24) is 0 Å². The first kappa shape index (κ1) is 15.1. The van der Waals surface area contributed by atoms with Crippen molar-refractivity contribution in [3.8, 4) is 0 Å². The molecule has 0 aromatic heterocycles. The number of carbonyl (C=O) groups excluding carboxylic acids is 1. The fraction of sp³-hybridized carbons (Fsp3) is 0.385. The van der Waals surface area contributed by atoms with Gasteiger partial charge in [0.05, 0.1) is 12.3 Å². The van der Waals surface area contributed by atoms with Gasteiger partial charge < -0.3 is 15.3 Å². The third kappa shape index (κ3) is 4.33. The number of aliphatic hydroxyl groups is 1. The minimum absolute atomic E-state index is 0.0632. The number of ether oxygens (including phenoxy) is 1. The van der Waals surface area contributed by atoms with E-state index in [1.807, 2.05) is 0 Å². The van der Waals surface area contributed by atoms with Crippen molar-refractivity contribution >= 4 is 18.0 Å². The Hall–Kier alpha value is -1.95. The van der Waals surface area contributed by atoms with Crippen LogP contribution in [0.15, 0.2) is 12.1 Å². The van der Waals surface area contributed by atoms with Crippen molar-refractivity contribution < 1.29 is 19.0 Å². The van der Waals surface area contributed by atoms with E-state index >= 15 is 0 Å². The van der Waals surface area contributed by atoms with Crippen LogP contribution in [0.2, 0.25) is 0 Å². The maximum absolute atomic E-state index is 13.5. The lowest BCUT2D eigenvalue weighted by atomic mass is 10.1. The normalized spacial score (nSPS) is 11.0. The van der Waals surface area contributed by atoms with Crippen LogP contribution in [0.3, 0.4) is 0 Å². The van der Waals surface area contributed by atoms with E-state index in [2.05, 4.69) is 5.32 Å². The predicted molar refractivity (Wildman–Crippen MR) is 70.1 cm³/mol. The van der Waals surface area contributed by atoms with Gasteiger partial charge in [0.25, 0.3) is 0 Å². The molecule has 0 aliphatic carbocycles. The van der Waals surface area contributed by atoms with Gasteiger partial charge in [-0.2, -0.15) is 0 Å². The molecule has 1 aromatic carbocycles. The van der Waals surface area contributed by atoms with E-state index in [0.29, 0.717) is 0 Å². The van der Waals surface area contributed by atoms with Crippen molar-refractivity contribution in [2.24, 2.45) is 0 Å². The van der Waals surface area contributed by atoms with Crippen LogP contribution in [-0.4, -0.2) is 23.0 Å². The number of carbonyl (C=O) groups is 1. The average Bonchev–Trinajstić information content (AvgIpc) is 2.26. The highest BCUT2D eigenvalue weighted by Crippen LogP contribution is 2.20. The smallest absolute Gasteiger partial charge is 0.412 e. The standard InChI is InChI=1S/C13H17FN2O3/c1-13(2,3)19-12(18)16-11-5-10(14)9(7-17)4-8(11)6-15/h4-6,15,17H,7H2,1-3H3,(H,16,18). The molecule has 0 bridgehead atoms. The summed E-state index contributed by atoms with van der Waals surface area (Å²) in [6.07, 6.45) is 0.234. The second-order valence-corrected chi connectivity index (χ2v) is 4.96. The van der Waals surface area contributed by atoms with Crippen LogP contribution in [0, 0.1) is 11.2 Å². The van der Waals surface area contributed by atoms with E-state index in [9.17, 15) is 9.18 Å². The Morgan fingerprint density at radius 3 is 2.63 bits per heavy atom. The zero-order chi connectivity index (χ0) is 14.6. The molecule has 0 unspecified atom stereocenters. The topological polar surface area (TPSA) is 82.4 Å². The minimum Gasteiger partial charge on any atom is -0.444 e. The fourth-order valence-electron chi connectivity index (χ4n) is 1.40. The van der Waals surface area contributed by atoms with E-state index in [0.717, 1.165) is 12.3 Å². The molecule has 0 saturated heterocycles. The first-order valence-electron chi connectivity index (χ1n) is 5.70. The fourth-order valence-corrected chi connectivity index (χ4v) is 1.40. The van der Waals surface area contributed by atoms with E-state index in [1.165, 1.54) is 6.07 Å². The largest absolute Gasteiger partial charge is 0.444 e. The molecule has 19 heavy (non-hydrogen) atoms. The van der Waals surface area contributed by atoms with Gasteiger partial charge in [-0.3, -0.25) is 5.32 Å². The summed E-state index contributed by atoms with van der Waals surface area (Å²) in [7, 11) is 0. The third-order valence-corrected chi connectivity index (χ3v) is 2.18. The number of rotatable bonds is 3. The van der Waals surface area contributed by atoms with E-state index in [4.69, 9.17) is 15.3 Å². The molecule has 0 atom stereocenters. The highest BCUT2D eigenvalue weighted by molar-refractivity contribution is 5.94. The lowest BCUT2D eigenvalue weighted by Gasteiger charge is -2.20. The van der Waals surface area contributed by atoms with Gasteiger partial charge in [-0.25, -0.2) is 9.18 Å². The molecule has 0 heterocycles. The van der Waals surface area contributed by atoms with Gasteiger partial charge in [0.15, 0.2) is 0 Å². The summed E-state index contributed by atoms with van der Waals surface area (Å²) in [5.74, 6) is -0.654. The van der Waals surface area contributed by atoms with Crippen molar-refractivity contribution in [2.45, 2.75) is 33.0 Å². The Bertz CT molecular complexity index is 495. The van der Waals surface area contributed by atoms with Crippen LogP contribution in [-0.2, 0) is 11.3 Å². The van der Waals surface area contributed by atoms with Crippen LogP contribution in [0.4, 0.5) is 14.9 Å². The highest BCUT2D eigenvalue weighted by atomic mass is 19.1. The number of halogens is 1. The molecule has 1 aromatic rings. The number of anilines is 1. The van der Waals surface area contributed by atoms with Crippen LogP contribution in [0.25, 0.3) is 0 Å². The molecule has 0 fully saturated rings. The SMILES string of the molecule is CC(C)(C)OC(=O)Nc1cc(F)c(CO)cc1C=N. The molecule has 0 saturated carbocycles. The molecule has 104 valence electrons. The Balaban J connectivity index is 2.98. The number of amides is 1. The summed E-state index contributed by atoms with van der Waals surface area (Å²) in [6.45, 7) is 4.65. The molecular formula is C13H17FN2O3. The maximum atomic E-state index is 13.5. The number of nitrogens with one attached hydrogen (secondary N) is 2. The Morgan fingerprint density at radius 1 is 1.53 bits per heavy atom. The number of hydrogen-bond acceptors (Lipinski definition) is 4. The van der Waals surface area contributed by atoms with Crippen molar-refractivity contribution in [3.05, 3.63) is 29.1 Å². The molecular weight excluding hydrogens is 251 g/mol. The molecule has 0 aliphatic rings. The minimum atomic E-state index is -0.730. The van der Waals surface area contributed by atoms with Gasteiger partial charge in [-0.1, -0.05) is 0 Å². The van der Waals surface area contributed by atoms with Gasteiger partial charge in [0.1, 0.15) is 11.4 Å². The summed E-state index contributed by atoms with van der Waals surface area (Å²) < 4.78 is 18.6. The van der Waals surface area contributed by atoms with Gasteiger partial charge in [0, 0.05) is 17.3 Å². The van der Waals surface area contributed by atoms with Gasteiger partial charge in [-0.15, -0.1) is 0 Å². The number of hydrogen-bond donors (Lipinski definition) is 3. The van der Waals surface area contributed by atoms with Crippen LogP contribution < -0.4 is 5.32 Å². The van der Waals surface area contributed by atoms with Crippen LogP contribution in [0.1, 0.15) is 31.9 Å². The van der Waals surface area contributed by atoms with Crippen molar-refractivity contribution in [2.75, 3.05) is 5.32 Å². The maximum Gasteiger partial charge on any atom is 0.412 e. The third-order valence-electron chi connectivity index (χ3n) is 2.18. The Kier molecular flexibility index (Phi) is 4.61. The van der Waals surface area contributed by atoms with E-state index in [-0.39, 0.29) is 16.8 Å². The first-order chi connectivity index (χ1) is 8.76. The van der Waals surface area contributed by atoms with E-state index in [1.54, 1.807) is 20.8 Å². The van der Waals surface area contributed by atoms with Gasteiger partial charge in [-0.05, 0) is 32.9 Å². The average molecular weight is 268 g/mol. The summed E-state index contributed by atoms with van der Waals surface area (Å²) in [6, 6.07) is 2.35. The van der Waals surface area contributed by atoms with Gasteiger partial charge >= 0.3 is 6.09 Å². The Morgan fingerprint density at radius 2 is 2.16 bits per heavy atom. The summed E-state index contributed by atoms with van der Waals surface area (Å²) in [4.78, 5) is 11.6. The number of aliphatic hydroxyl groups excluding tert-OH is 1. The zero-order valence-corrected chi connectivity index (χ0v) is 11.1. The summed E-state index contributed by atoms with van der Waals surface area (Å²) in [5, 5.41) is 18.5. The quantitative estimate of drug-likeness (QED) is 0.737. The Labute approximate surface area is 110 Å². The molecule has 0 radical (unpaired) electrons.